The molecule has 0 radical (unpaired) electrons. The summed E-state index contributed by atoms with van der Waals surface area (Å²) in [6.45, 7) is 2.19. The number of thioether (sulfide) groups is 1. The Morgan fingerprint density at radius 3 is 2.45 bits per heavy atom. The number of non-ortho nitro benzene ring substituents is 1. The fourth-order valence-electron chi connectivity index (χ4n) is 5.38. The third-order valence-corrected chi connectivity index (χ3v) is 7.87. The highest BCUT2D eigenvalue weighted by molar-refractivity contribution is 8.16. The topological polar surface area (TPSA) is 58.7 Å². The molecule has 2 atom stereocenters. The molecule has 3 aromatic carbocycles. The Balaban J connectivity index is 1.50. The molecule has 1 aliphatic carbocycles. The lowest BCUT2D eigenvalue weighted by molar-refractivity contribution is -0.384. The van der Waals surface area contributed by atoms with Gasteiger partial charge in [0.15, 0.2) is 5.17 Å². The molecule has 0 spiro atoms. The lowest BCUT2D eigenvalue weighted by Gasteiger charge is -2.41. The van der Waals surface area contributed by atoms with E-state index in [9.17, 15) is 18.9 Å². The van der Waals surface area contributed by atoms with Crippen LogP contribution in [0, 0.1) is 27.7 Å². The number of allylic oxidation sites excluding steroid dienone is 1. The quantitative estimate of drug-likeness (QED) is 0.254. The molecule has 5 nitrogen and oxygen atoms in total. The molecule has 0 bridgehead atoms. The molecular formula is C30H23F2N3O2S. The van der Waals surface area contributed by atoms with E-state index in [0.717, 1.165) is 57.2 Å². The van der Waals surface area contributed by atoms with Gasteiger partial charge >= 0.3 is 0 Å². The van der Waals surface area contributed by atoms with E-state index in [-0.39, 0.29) is 23.4 Å². The summed E-state index contributed by atoms with van der Waals surface area (Å²) in [5.41, 5.74) is 6.48. The van der Waals surface area contributed by atoms with Gasteiger partial charge in [-0.1, -0.05) is 55.1 Å². The second kappa shape index (κ2) is 9.68. The van der Waals surface area contributed by atoms with Crippen molar-refractivity contribution in [3.05, 3.63) is 133 Å². The number of aliphatic imine (C=N–C) groups is 1. The van der Waals surface area contributed by atoms with Crippen LogP contribution in [0.1, 0.15) is 42.5 Å². The number of nitro groups is 1. The smallest absolute Gasteiger partial charge is 0.270 e. The van der Waals surface area contributed by atoms with Crippen molar-refractivity contribution < 1.29 is 13.7 Å². The van der Waals surface area contributed by atoms with E-state index in [0.29, 0.717) is 5.92 Å². The van der Waals surface area contributed by atoms with Gasteiger partial charge in [-0.25, -0.2) is 13.8 Å². The molecule has 0 fully saturated rings. The van der Waals surface area contributed by atoms with Gasteiger partial charge in [-0.15, -0.1) is 0 Å². The molecule has 0 saturated carbocycles. The summed E-state index contributed by atoms with van der Waals surface area (Å²) in [7, 11) is 0. The maximum atomic E-state index is 13.9. The minimum Gasteiger partial charge on any atom is -0.308 e. The number of amidine groups is 1. The number of rotatable bonds is 4. The number of benzene rings is 3. The molecule has 0 unspecified atom stereocenters. The Labute approximate surface area is 223 Å². The second-order valence-corrected chi connectivity index (χ2v) is 10.6. The standard InChI is InChI=1S/C30H23F2N3O2S/c1-18-13-22(15-19-5-9-23(31)10-6-19)28-26(14-18)29(20-7-11-24(32)12-8-20)34-27(17-38-30(34)33-28)21-3-2-4-25(16-21)35(36)37/h2-12,15-18,29H,13-14H2,1H3/b22-15+/t18-,29+/m0/s1. The van der Waals surface area contributed by atoms with Crippen LogP contribution in [0.4, 0.5) is 14.5 Å². The predicted molar refractivity (Wildman–Crippen MR) is 147 cm³/mol. The normalized spacial score (nSPS) is 21.7. The summed E-state index contributed by atoms with van der Waals surface area (Å²) in [5, 5.41) is 14.2. The van der Waals surface area contributed by atoms with E-state index < -0.39 is 4.92 Å². The molecule has 3 aromatic rings. The minimum absolute atomic E-state index is 0.0184. The minimum atomic E-state index is -0.398. The Bertz CT molecular complexity index is 1560. The largest absolute Gasteiger partial charge is 0.308 e. The summed E-state index contributed by atoms with van der Waals surface area (Å²) in [4.78, 5) is 18.3. The van der Waals surface area contributed by atoms with Crippen LogP contribution in [0.25, 0.3) is 11.8 Å². The second-order valence-electron chi connectivity index (χ2n) is 9.76. The zero-order valence-corrected chi connectivity index (χ0v) is 21.3. The summed E-state index contributed by atoms with van der Waals surface area (Å²) in [6, 6.07) is 19.3. The molecule has 3 aliphatic rings. The number of halogens is 2. The average Bonchev–Trinajstić information content (AvgIpc) is 3.33. The van der Waals surface area contributed by atoms with Crippen molar-refractivity contribution in [1.29, 1.82) is 0 Å². The van der Waals surface area contributed by atoms with Crippen molar-refractivity contribution in [2.45, 2.75) is 25.8 Å². The van der Waals surface area contributed by atoms with Gasteiger partial charge in [0.1, 0.15) is 11.6 Å². The lowest BCUT2D eigenvalue weighted by Crippen LogP contribution is -2.35. The van der Waals surface area contributed by atoms with Gasteiger partial charge in [0.2, 0.25) is 0 Å². The molecule has 0 amide bonds. The molecule has 2 aliphatic heterocycles. The molecule has 0 saturated heterocycles. The lowest BCUT2D eigenvalue weighted by atomic mass is 9.78. The van der Waals surface area contributed by atoms with Crippen LogP contribution in [0.2, 0.25) is 0 Å². The van der Waals surface area contributed by atoms with Crippen LogP contribution in [0.3, 0.4) is 0 Å². The van der Waals surface area contributed by atoms with E-state index in [4.69, 9.17) is 4.99 Å². The SMILES string of the molecule is C[C@@H]1CC2=C(N=C3SC=C(c4cccc([N+](=O)[O-])c4)N3[C@@H]2c2ccc(F)cc2)/C(=C/c2ccc(F)cc2)C1. The first kappa shape index (κ1) is 24.3. The zero-order chi connectivity index (χ0) is 26.4. The first-order chi connectivity index (χ1) is 18.4. The van der Waals surface area contributed by atoms with Crippen molar-refractivity contribution in [3.63, 3.8) is 0 Å². The molecule has 2 heterocycles. The van der Waals surface area contributed by atoms with Gasteiger partial charge < -0.3 is 4.90 Å². The van der Waals surface area contributed by atoms with E-state index in [1.807, 2.05) is 11.5 Å². The van der Waals surface area contributed by atoms with Crippen molar-refractivity contribution >= 4 is 34.4 Å². The summed E-state index contributed by atoms with van der Waals surface area (Å²) >= 11 is 1.47. The molecule has 190 valence electrons. The zero-order valence-electron chi connectivity index (χ0n) is 20.5. The Kier molecular flexibility index (Phi) is 6.19. The Morgan fingerprint density at radius 1 is 1.03 bits per heavy atom. The highest BCUT2D eigenvalue weighted by atomic mass is 32.2. The fourth-order valence-corrected chi connectivity index (χ4v) is 6.31. The number of nitro benzene ring substituents is 1. The Morgan fingerprint density at radius 2 is 1.74 bits per heavy atom. The third kappa shape index (κ3) is 4.45. The predicted octanol–water partition coefficient (Wildman–Crippen LogP) is 8.10. The number of nitrogens with zero attached hydrogens (tertiary/aromatic N) is 3. The van der Waals surface area contributed by atoms with E-state index in [2.05, 4.69) is 17.9 Å². The molecular weight excluding hydrogens is 504 g/mol. The number of hydrogen-bond acceptors (Lipinski definition) is 5. The highest BCUT2D eigenvalue weighted by Gasteiger charge is 2.41. The monoisotopic (exact) mass is 527 g/mol. The third-order valence-electron chi connectivity index (χ3n) is 7.03. The molecule has 0 N–H and O–H groups in total. The van der Waals surface area contributed by atoms with Crippen molar-refractivity contribution in [3.8, 4) is 0 Å². The van der Waals surface area contributed by atoms with Crippen LogP contribution in [0.5, 0.6) is 0 Å². The first-order valence-corrected chi connectivity index (χ1v) is 13.2. The van der Waals surface area contributed by atoms with Crippen LogP contribution in [-0.2, 0) is 0 Å². The fraction of sp³-hybridized carbons (Fsp3) is 0.167. The highest BCUT2D eigenvalue weighted by Crippen LogP contribution is 2.52. The van der Waals surface area contributed by atoms with Crippen molar-refractivity contribution in [2.24, 2.45) is 10.9 Å². The van der Waals surface area contributed by atoms with Gasteiger partial charge in [-0.3, -0.25) is 10.1 Å². The van der Waals surface area contributed by atoms with Crippen LogP contribution < -0.4 is 0 Å². The average molecular weight is 528 g/mol. The van der Waals surface area contributed by atoms with Gasteiger partial charge in [-0.2, -0.15) is 0 Å². The molecule has 0 aromatic heterocycles. The summed E-state index contributed by atoms with van der Waals surface area (Å²) in [5.74, 6) is -0.261. The summed E-state index contributed by atoms with van der Waals surface area (Å²) < 4.78 is 27.5. The van der Waals surface area contributed by atoms with Crippen molar-refractivity contribution in [1.82, 2.24) is 4.90 Å². The van der Waals surface area contributed by atoms with E-state index in [1.54, 1.807) is 36.4 Å². The van der Waals surface area contributed by atoms with Gasteiger partial charge in [-0.05, 0) is 71.4 Å². The van der Waals surface area contributed by atoms with Crippen LogP contribution in [-0.4, -0.2) is 15.0 Å². The summed E-state index contributed by atoms with van der Waals surface area (Å²) in [6.07, 6.45) is 3.71. The van der Waals surface area contributed by atoms with Gasteiger partial charge in [0, 0.05) is 23.1 Å². The molecule has 6 rings (SSSR count). The first-order valence-electron chi connectivity index (χ1n) is 12.3. The maximum absolute atomic E-state index is 13.9. The van der Waals surface area contributed by atoms with Gasteiger partial charge in [0.05, 0.1) is 22.4 Å². The number of hydrogen-bond donors (Lipinski definition) is 0. The molecule has 8 heteroatoms. The molecule has 38 heavy (non-hydrogen) atoms. The Hall–Kier alpha value is -4.04. The van der Waals surface area contributed by atoms with Crippen LogP contribution in [0.15, 0.2) is 100 Å². The van der Waals surface area contributed by atoms with E-state index in [1.165, 1.54) is 42.1 Å². The van der Waals surface area contributed by atoms with Crippen LogP contribution >= 0.6 is 11.8 Å². The van der Waals surface area contributed by atoms with Crippen molar-refractivity contribution in [2.75, 3.05) is 0 Å². The number of fused-ring (bicyclic) bond motifs is 1. The maximum Gasteiger partial charge on any atom is 0.270 e. The van der Waals surface area contributed by atoms with Gasteiger partial charge in [0.25, 0.3) is 5.69 Å². The van der Waals surface area contributed by atoms with E-state index >= 15 is 0 Å².